The molecule has 0 spiro atoms. The summed E-state index contributed by atoms with van der Waals surface area (Å²) in [5.41, 5.74) is 6.69. The van der Waals surface area contributed by atoms with Crippen LogP contribution in [0.5, 0.6) is 0 Å². The predicted octanol–water partition coefficient (Wildman–Crippen LogP) is 0.164. The summed E-state index contributed by atoms with van der Waals surface area (Å²) in [6.45, 7) is 3.04. The van der Waals surface area contributed by atoms with E-state index in [1.807, 2.05) is 0 Å². The van der Waals surface area contributed by atoms with Gasteiger partial charge in [-0.2, -0.15) is 0 Å². The van der Waals surface area contributed by atoms with Crippen molar-refractivity contribution in [3.63, 3.8) is 0 Å². The van der Waals surface area contributed by atoms with E-state index < -0.39 is 12.1 Å². The number of nitrogens with one attached hydrogen (secondary N) is 1. The van der Waals surface area contributed by atoms with E-state index in [1.54, 1.807) is 24.3 Å². The van der Waals surface area contributed by atoms with E-state index in [9.17, 15) is 9.90 Å². The smallest absolute Gasteiger partial charge is 0.247 e. The zero-order chi connectivity index (χ0) is 12.8. The van der Waals surface area contributed by atoms with Gasteiger partial charge in [0.05, 0.1) is 18.8 Å². The van der Waals surface area contributed by atoms with Gasteiger partial charge in [0, 0.05) is 5.69 Å². The van der Waals surface area contributed by atoms with Crippen LogP contribution in [-0.4, -0.2) is 28.8 Å². The fraction of sp³-hybridized carbons (Fsp3) is 0.250. The monoisotopic (exact) mass is 236 g/mol. The van der Waals surface area contributed by atoms with Gasteiger partial charge in [0.25, 0.3) is 0 Å². The van der Waals surface area contributed by atoms with Gasteiger partial charge >= 0.3 is 0 Å². The van der Waals surface area contributed by atoms with Crippen LogP contribution >= 0.6 is 0 Å². The molecule has 1 aromatic carbocycles. The lowest BCUT2D eigenvalue weighted by Crippen LogP contribution is -2.31. The maximum absolute atomic E-state index is 11.0. The van der Waals surface area contributed by atoms with Gasteiger partial charge in [0.1, 0.15) is 0 Å². The Bertz CT molecular complexity index is 389. The first kappa shape index (κ1) is 13.4. The van der Waals surface area contributed by atoms with Crippen LogP contribution in [0.25, 0.3) is 0 Å². The summed E-state index contributed by atoms with van der Waals surface area (Å²) in [6.07, 6.45) is 0.244. The molecule has 1 rings (SSSR count). The molecule has 0 aliphatic rings. The average Bonchev–Trinajstić information content (AvgIpc) is 2.37. The van der Waals surface area contributed by atoms with E-state index in [0.29, 0.717) is 11.3 Å². The number of benzene rings is 1. The van der Waals surface area contributed by atoms with Crippen molar-refractivity contribution in [3.8, 4) is 0 Å². The Morgan fingerprint density at radius 3 is 2.53 bits per heavy atom. The molecule has 2 unspecified atom stereocenters. The van der Waals surface area contributed by atoms with Crippen LogP contribution in [0.4, 0.5) is 5.69 Å². The Morgan fingerprint density at radius 1 is 1.47 bits per heavy atom. The third kappa shape index (κ3) is 3.67. The molecule has 0 fully saturated rings. The first-order valence-electron chi connectivity index (χ1n) is 5.16. The van der Waals surface area contributed by atoms with Crippen molar-refractivity contribution in [1.29, 1.82) is 0 Å². The summed E-state index contributed by atoms with van der Waals surface area (Å²) in [5, 5.41) is 21.1. The summed E-state index contributed by atoms with van der Waals surface area (Å²) in [6, 6.07) is 5.84. The minimum Gasteiger partial charge on any atom is -0.395 e. The molecule has 0 heterocycles. The van der Waals surface area contributed by atoms with Crippen LogP contribution < -0.4 is 11.1 Å². The zero-order valence-corrected chi connectivity index (χ0v) is 9.34. The Hall–Kier alpha value is -1.69. The van der Waals surface area contributed by atoms with Crippen LogP contribution in [0.15, 0.2) is 36.9 Å². The van der Waals surface area contributed by atoms with E-state index in [1.165, 1.54) is 6.08 Å². The predicted molar refractivity (Wildman–Crippen MR) is 65.3 cm³/mol. The highest BCUT2D eigenvalue weighted by atomic mass is 16.3. The fourth-order valence-electron chi connectivity index (χ4n) is 1.30. The number of hydrogen-bond acceptors (Lipinski definition) is 4. The van der Waals surface area contributed by atoms with Crippen molar-refractivity contribution < 1.29 is 15.0 Å². The molecule has 0 aromatic heterocycles. The maximum Gasteiger partial charge on any atom is 0.247 e. The van der Waals surface area contributed by atoms with Crippen LogP contribution in [0.2, 0.25) is 0 Å². The highest BCUT2D eigenvalue weighted by molar-refractivity contribution is 5.98. The van der Waals surface area contributed by atoms with Crippen LogP contribution in [0.3, 0.4) is 0 Å². The second kappa shape index (κ2) is 6.15. The highest BCUT2D eigenvalue weighted by Crippen LogP contribution is 2.18. The van der Waals surface area contributed by atoms with Gasteiger partial charge in [-0.25, -0.2) is 0 Å². The molecule has 1 amide bonds. The molecule has 92 valence electrons. The van der Waals surface area contributed by atoms with E-state index in [-0.39, 0.29) is 12.5 Å². The van der Waals surface area contributed by atoms with Gasteiger partial charge in [-0.05, 0) is 23.8 Å². The number of amides is 1. The van der Waals surface area contributed by atoms with Gasteiger partial charge in [-0.15, -0.1) is 0 Å². The molecule has 0 bridgehead atoms. The Balaban J connectivity index is 2.74. The number of rotatable bonds is 5. The van der Waals surface area contributed by atoms with Crippen molar-refractivity contribution in [3.05, 3.63) is 42.5 Å². The van der Waals surface area contributed by atoms with Crippen LogP contribution in [0.1, 0.15) is 11.7 Å². The molecule has 2 atom stereocenters. The number of carbonyl (C=O) groups is 1. The maximum atomic E-state index is 11.0. The number of carbonyl (C=O) groups excluding carboxylic acids is 1. The van der Waals surface area contributed by atoms with Gasteiger partial charge < -0.3 is 21.3 Å². The number of aliphatic hydroxyl groups is 2. The molecular formula is C12H16N2O3. The third-order valence-electron chi connectivity index (χ3n) is 2.32. The van der Waals surface area contributed by atoms with Crippen molar-refractivity contribution in [2.45, 2.75) is 12.1 Å². The van der Waals surface area contributed by atoms with E-state index in [2.05, 4.69) is 11.9 Å². The molecule has 0 radical (unpaired) electrons. The minimum atomic E-state index is -0.927. The van der Waals surface area contributed by atoms with E-state index in [4.69, 9.17) is 10.8 Å². The van der Waals surface area contributed by atoms with E-state index >= 15 is 0 Å². The average molecular weight is 236 g/mol. The number of nitrogens with two attached hydrogens (primary N) is 1. The van der Waals surface area contributed by atoms with Crippen molar-refractivity contribution in [1.82, 2.24) is 0 Å². The molecule has 0 aliphatic carbocycles. The summed E-state index contributed by atoms with van der Waals surface area (Å²) in [7, 11) is 0. The highest BCUT2D eigenvalue weighted by Gasteiger charge is 2.15. The largest absolute Gasteiger partial charge is 0.395 e. The molecule has 17 heavy (non-hydrogen) atoms. The molecule has 5 nitrogen and oxygen atoms in total. The minimum absolute atomic E-state index is 0.296. The van der Waals surface area contributed by atoms with Crippen LogP contribution in [0, 0.1) is 0 Å². The molecule has 0 aliphatic heterocycles. The number of aliphatic hydroxyl groups excluding tert-OH is 2. The van der Waals surface area contributed by atoms with Gasteiger partial charge in [-0.1, -0.05) is 18.7 Å². The standard InChI is InChI=1S/C12H16N2O3/c1-2-11(16)14-9-5-3-8(4-6-9)12(17)10(13)7-15/h2-6,10,12,15,17H,1,7,13H2,(H,14,16). The topological polar surface area (TPSA) is 95.6 Å². The first-order valence-corrected chi connectivity index (χ1v) is 5.16. The third-order valence-corrected chi connectivity index (χ3v) is 2.32. The zero-order valence-electron chi connectivity index (χ0n) is 9.34. The lowest BCUT2D eigenvalue weighted by Gasteiger charge is -2.17. The second-order valence-electron chi connectivity index (χ2n) is 3.61. The fourth-order valence-corrected chi connectivity index (χ4v) is 1.30. The van der Waals surface area contributed by atoms with Crippen LogP contribution in [-0.2, 0) is 4.79 Å². The van der Waals surface area contributed by atoms with E-state index in [0.717, 1.165) is 0 Å². The summed E-state index contributed by atoms with van der Waals surface area (Å²) >= 11 is 0. The quantitative estimate of drug-likeness (QED) is 0.548. The van der Waals surface area contributed by atoms with Crippen molar-refractivity contribution in [2.24, 2.45) is 5.73 Å². The van der Waals surface area contributed by atoms with Crippen molar-refractivity contribution in [2.75, 3.05) is 11.9 Å². The lowest BCUT2D eigenvalue weighted by molar-refractivity contribution is -0.111. The lowest BCUT2D eigenvalue weighted by atomic mass is 10.0. The number of hydrogen-bond donors (Lipinski definition) is 4. The molecule has 0 saturated carbocycles. The molecule has 5 heteroatoms. The summed E-state index contributed by atoms with van der Waals surface area (Å²) in [4.78, 5) is 11.0. The van der Waals surface area contributed by atoms with Gasteiger partial charge in [0.15, 0.2) is 0 Å². The normalized spacial score (nSPS) is 13.8. The second-order valence-corrected chi connectivity index (χ2v) is 3.61. The molecule has 0 saturated heterocycles. The SMILES string of the molecule is C=CC(=O)Nc1ccc(C(O)C(N)CO)cc1. The molecule has 1 aromatic rings. The van der Waals surface area contributed by atoms with Gasteiger partial charge in [-0.3, -0.25) is 4.79 Å². The Kier molecular flexibility index (Phi) is 4.84. The summed E-state index contributed by atoms with van der Waals surface area (Å²) in [5.74, 6) is -0.301. The molecule has 5 N–H and O–H groups in total. The van der Waals surface area contributed by atoms with Crippen molar-refractivity contribution >= 4 is 11.6 Å². The first-order chi connectivity index (χ1) is 8.08. The van der Waals surface area contributed by atoms with Gasteiger partial charge in [0.2, 0.25) is 5.91 Å². The Labute approximate surface area is 99.6 Å². The summed E-state index contributed by atoms with van der Waals surface area (Å²) < 4.78 is 0. The molecular weight excluding hydrogens is 220 g/mol. The Morgan fingerprint density at radius 2 is 2.06 bits per heavy atom. The number of anilines is 1.